The van der Waals surface area contributed by atoms with Crippen LogP contribution in [0.25, 0.3) is 0 Å². The molecule has 0 aliphatic carbocycles. The lowest BCUT2D eigenvalue weighted by atomic mass is 10.2. The van der Waals surface area contributed by atoms with Gasteiger partial charge < -0.3 is 10.2 Å². The van der Waals surface area contributed by atoms with Gasteiger partial charge in [0.15, 0.2) is 0 Å². The van der Waals surface area contributed by atoms with Crippen molar-refractivity contribution in [1.29, 1.82) is 0 Å². The molecule has 18 heavy (non-hydrogen) atoms. The van der Waals surface area contributed by atoms with Gasteiger partial charge in [0.2, 0.25) is 0 Å². The van der Waals surface area contributed by atoms with Crippen molar-refractivity contribution in [2.45, 2.75) is 13.1 Å². The van der Waals surface area contributed by atoms with E-state index in [-0.39, 0.29) is 0 Å². The summed E-state index contributed by atoms with van der Waals surface area (Å²) in [6.45, 7) is 2.01. The standard InChI is InChI=1S/C15H19N3/c1-18(2)15-5-3-13(4-6-15)11-17-12-14-7-9-16-10-8-14/h3-10,17H,11-12H2,1-2H3/p+1. The zero-order valence-electron chi connectivity index (χ0n) is 11.0. The highest BCUT2D eigenvalue weighted by Crippen LogP contribution is 2.11. The van der Waals surface area contributed by atoms with E-state index in [1.807, 2.05) is 12.4 Å². The Kier molecular flexibility index (Phi) is 4.31. The largest absolute Gasteiger partial charge is 0.378 e. The molecule has 0 saturated carbocycles. The normalized spacial score (nSPS) is 10.3. The van der Waals surface area contributed by atoms with Crippen LogP contribution in [0.5, 0.6) is 0 Å². The maximum atomic E-state index is 4.02. The molecular weight excluding hydrogens is 222 g/mol. The summed E-state index contributed by atoms with van der Waals surface area (Å²) in [6, 6.07) is 12.8. The molecule has 2 aromatic rings. The number of pyridine rings is 1. The molecular formula is C15H20N3+. The molecule has 0 aliphatic heterocycles. The summed E-state index contributed by atoms with van der Waals surface area (Å²) in [5.41, 5.74) is 3.91. The summed E-state index contributed by atoms with van der Waals surface area (Å²) in [5, 5.41) is 2.31. The Morgan fingerprint density at radius 1 is 0.889 bits per heavy atom. The number of anilines is 1. The Balaban J connectivity index is 1.83. The molecule has 1 aromatic carbocycles. The Labute approximate surface area is 108 Å². The first-order chi connectivity index (χ1) is 8.75. The summed E-state index contributed by atoms with van der Waals surface area (Å²) in [5.74, 6) is 0. The van der Waals surface area contributed by atoms with Crippen LogP contribution in [0, 0.1) is 0 Å². The highest BCUT2D eigenvalue weighted by Gasteiger charge is 1.99. The fraction of sp³-hybridized carbons (Fsp3) is 0.267. The monoisotopic (exact) mass is 242 g/mol. The van der Waals surface area contributed by atoms with E-state index in [0.29, 0.717) is 0 Å². The quantitative estimate of drug-likeness (QED) is 0.860. The molecule has 1 heterocycles. The van der Waals surface area contributed by atoms with Crippen LogP contribution < -0.4 is 10.2 Å². The minimum Gasteiger partial charge on any atom is -0.378 e. The van der Waals surface area contributed by atoms with Crippen LogP contribution in [-0.2, 0) is 13.1 Å². The van der Waals surface area contributed by atoms with Crippen LogP contribution in [-0.4, -0.2) is 19.1 Å². The van der Waals surface area contributed by atoms with Crippen LogP contribution in [0.3, 0.4) is 0 Å². The van der Waals surface area contributed by atoms with E-state index in [1.54, 1.807) is 0 Å². The zero-order chi connectivity index (χ0) is 12.8. The van der Waals surface area contributed by atoms with Gasteiger partial charge in [0.1, 0.15) is 13.1 Å². The maximum absolute atomic E-state index is 4.02. The van der Waals surface area contributed by atoms with Gasteiger partial charge >= 0.3 is 0 Å². The summed E-state index contributed by atoms with van der Waals surface area (Å²) >= 11 is 0. The first-order valence-electron chi connectivity index (χ1n) is 6.22. The van der Waals surface area contributed by atoms with E-state index in [4.69, 9.17) is 0 Å². The molecule has 0 spiro atoms. The lowest BCUT2D eigenvalue weighted by molar-refractivity contribution is -0.686. The number of hydrogen-bond donors (Lipinski definition) is 1. The third kappa shape index (κ3) is 3.57. The first-order valence-corrected chi connectivity index (χ1v) is 6.22. The lowest BCUT2D eigenvalue weighted by Gasteiger charge is -2.12. The minimum absolute atomic E-state index is 0.998. The average molecular weight is 242 g/mol. The molecule has 0 radical (unpaired) electrons. The maximum Gasteiger partial charge on any atom is 0.102 e. The predicted molar refractivity (Wildman–Crippen MR) is 74.3 cm³/mol. The average Bonchev–Trinajstić information content (AvgIpc) is 2.40. The molecule has 0 atom stereocenters. The van der Waals surface area contributed by atoms with Crippen molar-refractivity contribution in [1.82, 2.24) is 4.98 Å². The molecule has 0 aliphatic rings. The third-order valence-corrected chi connectivity index (χ3v) is 2.96. The molecule has 3 heteroatoms. The number of nitrogens with zero attached hydrogens (tertiary/aromatic N) is 2. The van der Waals surface area contributed by atoms with Gasteiger partial charge in [-0.1, -0.05) is 12.1 Å². The predicted octanol–water partition coefficient (Wildman–Crippen LogP) is 1.41. The number of nitrogens with two attached hydrogens (primary N) is 1. The molecule has 0 saturated heterocycles. The highest BCUT2D eigenvalue weighted by molar-refractivity contribution is 5.45. The van der Waals surface area contributed by atoms with Gasteiger partial charge in [0, 0.05) is 43.3 Å². The van der Waals surface area contributed by atoms with Crippen molar-refractivity contribution in [3.63, 3.8) is 0 Å². The Morgan fingerprint density at radius 2 is 1.44 bits per heavy atom. The Morgan fingerprint density at radius 3 is 2.00 bits per heavy atom. The van der Waals surface area contributed by atoms with Crippen LogP contribution >= 0.6 is 0 Å². The second kappa shape index (κ2) is 6.17. The summed E-state index contributed by atoms with van der Waals surface area (Å²) in [4.78, 5) is 6.13. The fourth-order valence-electron chi connectivity index (χ4n) is 1.85. The van der Waals surface area contributed by atoms with Crippen molar-refractivity contribution in [3.05, 3.63) is 59.9 Å². The minimum atomic E-state index is 0.998. The summed E-state index contributed by atoms with van der Waals surface area (Å²) in [7, 11) is 4.12. The van der Waals surface area contributed by atoms with E-state index >= 15 is 0 Å². The molecule has 0 amide bonds. The third-order valence-electron chi connectivity index (χ3n) is 2.96. The van der Waals surface area contributed by atoms with E-state index < -0.39 is 0 Å². The van der Waals surface area contributed by atoms with E-state index in [9.17, 15) is 0 Å². The number of rotatable bonds is 5. The smallest absolute Gasteiger partial charge is 0.102 e. The van der Waals surface area contributed by atoms with Crippen LogP contribution in [0.4, 0.5) is 5.69 Å². The van der Waals surface area contributed by atoms with Gasteiger partial charge in [-0.2, -0.15) is 0 Å². The summed E-state index contributed by atoms with van der Waals surface area (Å²) in [6.07, 6.45) is 3.68. The van der Waals surface area contributed by atoms with Crippen LogP contribution in [0.1, 0.15) is 11.1 Å². The Bertz CT molecular complexity index is 463. The molecule has 0 fully saturated rings. The van der Waals surface area contributed by atoms with E-state index in [0.717, 1.165) is 13.1 Å². The van der Waals surface area contributed by atoms with Crippen LogP contribution in [0.2, 0.25) is 0 Å². The molecule has 0 bridgehead atoms. The second-order valence-corrected chi connectivity index (χ2v) is 4.61. The topological polar surface area (TPSA) is 32.7 Å². The Hall–Kier alpha value is -1.87. The van der Waals surface area contributed by atoms with Gasteiger partial charge in [-0.3, -0.25) is 4.98 Å². The van der Waals surface area contributed by atoms with Crippen molar-refractivity contribution < 1.29 is 5.32 Å². The molecule has 94 valence electrons. The fourth-order valence-corrected chi connectivity index (χ4v) is 1.85. The zero-order valence-corrected chi connectivity index (χ0v) is 11.0. The van der Waals surface area contributed by atoms with E-state index in [1.165, 1.54) is 16.8 Å². The van der Waals surface area contributed by atoms with Gasteiger partial charge in [0.05, 0.1) is 0 Å². The van der Waals surface area contributed by atoms with Gasteiger partial charge in [-0.25, -0.2) is 0 Å². The molecule has 1 aromatic heterocycles. The highest BCUT2D eigenvalue weighted by atomic mass is 15.1. The van der Waals surface area contributed by atoms with Crippen LogP contribution in [0.15, 0.2) is 48.8 Å². The van der Waals surface area contributed by atoms with Gasteiger partial charge in [-0.15, -0.1) is 0 Å². The van der Waals surface area contributed by atoms with Gasteiger partial charge in [0.25, 0.3) is 0 Å². The van der Waals surface area contributed by atoms with Crippen molar-refractivity contribution in [3.8, 4) is 0 Å². The van der Waals surface area contributed by atoms with Crippen molar-refractivity contribution in [2.24, 2.45) is 0 Å². The first kappa shape index (κ1) is 12.6. The molecule has 2 N–H and O–H groups in total. The number of aromatic nitrogens is 1. The van der Waals surface area contributed by atoms with Crippen molar-refractivity contribution in [2.75, 3.05) is 19.0 Å². The SMILES string of the molecule is CN(C)c1ccc(C[NH2+]Cc2ccncc2)cc1. The number of quaternary nitrogens is 1. The van der Waals surface area contributed by atoms with E-state index in [2.05, 4.69) is 65.7 Å². The number of benzene rings is 1. The van der Waals surface area contributed by atoms with Crippen molar-refractivity contribution >= 4 is 5.69 Å². The number of hydrogen-bond acceptors (Lipinski definition) is 2. The summed E-state index contributed by atoms with van der Waals surface area (Å²) < 4.78 is 0. The van der Waals surface area contributed by atoms with Gasteiger partial charge in [-0.05, 0) is 24.3 Å². The molecule has 0 unspecified atom stereocenters. The molecule has 2 rings (SSSR count). The second-order valence-electron chi connectivity index (χ2n) is 4.61. The lowest BCUT2D eigenvalue weighted by Crippen LogP contribution is -2.80. The molecule has 3 nitrogen and oxygen atoms in total.